The monoisotopic (exact) mass is 712 g/mol. The number of hydrogen-bond acceptors (Lipinski definition) is 7. The van der Waals surface area contributed by atoms with Gasteiger partial charge in [0.2, 0.25) is 5.79 Å². The molecule has 0 saturated heterocycles. The molecule has 9 rings (SSSR count). The fourth-order valence-electron chi connectivity index (χ4n) is 8.33. The predicted octanol–water partition coefficient (Wildman–Crippen LogP) is 11.9. The third-order valence-electron chi connectivity index (χ3n) is 10.8. The summed E-state index contributed by atoms with van der Waals surface area (Å²) >= 11 is 0. The Hall–Kier alpha value is -5.30. The van der Waals surface area contributed by atoms with Crippen molar-refractivity contribution in [3.05, 3.63) is 155 Å². The molecule has 7 nitrogen and oxygen atoms in total. The van der Waals surface area contributed by atoms with Crippen molar-refractivity contribution < 1.29 is 23.7 Å². The fraction of sp³-hybridized carbons (Fsp3) is 0.348. The number of anilines is 2. The van der Waals surface area contributed by atoms with Gasteiger partial charge in [-0.05, 0) is 115 Å². The number of aryl methyl sites for hydroxylation is 4. The van der Waals surface area contributed by atoms with Crippen LogP contribution in [0.1, 0.15) is 93.2 Å². The lowest BCUT2D eigenvalue weighted by molar-refractivity contribution is -0.162. The quantitative estimate of drug-likeness (QED) is 0.205. The molecule has 1 fully saturated rings. The molecule has 0 unspecified atom stereocenters. The number of nitrogens with zero attached hydrogens (tertiary/aromatic N) is 2. The highest BCUT2D eigenvalue weighted by Crippen LogP contribution is 2.52. The zero-order chi connectivity index (χ0) is 37.4. The first kappa shape index (κ1) is 36.1. The van der Waals surface area contributed by atoms with Crippen molar-refractivity contribution in [2.75, 3.05) is 9.80 Å². The van der Waals surface area contributed by atoms with Gasteiger partial charge in [-0.3, -0.25) is 0 Å². The Morgan fingerprint density at radius 1 is 0.566 bits per heavy atom. The summed E-state index contributed by atoms with van der Waals surface area (Å²) in [5.74, 6) is 1.15. The summed E-state index contributed by atoms with van der Waals surface area (Å²) in [4.78, 5) is 4.91. The first-order valence-corrected chi connectivity index (χ1v) is 18.8. The highest BCUT2D eigenvalue weighted by atomic mass is 16.7. The Morgan fingerprint density at radius 3 is 1.58 bits per heavy atom. The maximum absolute atomic E-state index is 6.00. The van der Waals surface area contributed by atoms with Gasteiger partial charge in [-0.15, -0.1) is 0 Å². The summed E-state index contributed by atoms with van der Waals surface area (Å²) in [5, 5.41) is 0. The smallest absolute Gasteiger partial charge is 0.311 e. The summed E-state index contributed by atoms with van der Waals surface area (Å²) in [6.45, 7) is 17.5. The van der Waals surface area contributed by atoms with Gasteiger partial charge in [0.25, 0.3) is 0 Å². The predicted molar refractivity (Wildman–Crippen MR) is 211 cm³/mol. The molecule has 4 heterocycles. The van der Waals surface area contributed by atoms with Crippen molar-refractivity contribution >= 4 is 11.4 Å². The van der Waals surface area contributed by atoms with Crippen molar-refractivity contribution in [2.45, 2.75) is 105 Å². The zero-order valence-corrected chi connectivity index (χ0v) is 32.4. The van der Waals surface area contributed by atoms with Gasteiger partial charge in [-0.1, -0.05) is 67.1 Å². The first-order valence-electron chi connectivity index (χ1n) is 18.8. The molecule has 2 spiro atoms. The van der Waals surface area contributed by atoms with Gasteiger partial charge >= 0.3 is 5.79 Å². The van der Waals surface area contributed by atoms with E-state index in [1.54, 1.807) is 18.8 Å². The van der Waals surface area contributed by atoms with Gasteiger partial charge in [0, 0.05) is 36.1 Å². The Labute approximate surface area is 315 Å². The van der Waals surface area contributed by atoms with Gasteiger partial charge in [0.1, 0.15) is 41.7 Å². The number of rotatable bonds is 2. The molecule has 0 N–H and O–H groups in total. The average molecular weight is 713 g/mol. The van der Waals surface area contributed by atoms with Crippen LogP contribution >= 0.6 is 0 Å². The van der Waals surface area contributed by atoms with E-state index in [1.165, 1.54) is 58.6 Å². The lowest BCUT2D eigenvalue weighted by Crippen LogP contribution is -2.50. The molecule has 4 aromatic rings. The molecule has 276 valence electrons. The minimum Gasteiger partial charge on any atom is -0.457 e. The lowest BCUT2D eigenvalue weighted by Gasteiger charge is -2.43. The third kappa shape index (κ3) is 6.62. The molecular weight excluding hydrogens is 661 g/mol. The fourth-order valence-corrected chi connectivity index (χ4v) is 8.33. The van der Waals surface area contributed by atoms with Crippen molar-refractivity contribution in [3.8, 4) is 11.5 Å². The van der Waals surface area contributed by atoms with Crippen molar-refractivity contribution in [3.63, 3.8) is 0 Å². The second-order valence-corrected chi connectivity index (χ2v) is 15.1. The molecule has 4 aromatic carbocycles. The van der Waals surface area contributed by atoms with Crippen LogP contribution < -0.4 is 14.5 Å². The van der Waals surface area contributed by atoms with E-state index in [0.29, 0.717) is 0 Å². The standard InChI is InChI=1S/C22H28N2.C16H12O3.C8H12O2/c1-15-10-8-11-16(2)20(15)23-14-19(5)24(22(23,6)7)21-17(3)12-9-13-18(21)4;1-11-10-17-16(19-11)12-6-2-4-8-14(12)18-15-9-5-3-7-13(15)16;1-2-4-8(5-3-1)9-6-7-10-8/h8-14H,1-7H3;2-10H,1H3;6-7H,1-5H2. The van der Waals surface area contributed by atoms with E-state index in [0.717, 1.165) is 41.2 Å². The maximum Gasteiger partial charge on any atom is 0.311 e. The number of ether oxygens (including phenoxy) is 5. The van der Waals surface area contributed by atoms with Crippen molar-refractivity contribution in [2.24, 2.45) is 0 Å². The Kier molecular flexibility index (Phi) is 9.71. The van der Waals surface area contributed by atoms with Crippen LogP contribution in [-0.4, -0.2) is 11.4 Å². The first-order chi connectivity index (χ1) is 25.5. The molecule has 0 aromatic heterocycles. The topological polar surface area (TPSA) is 52.6 Å². The minimum absolute atomic E-state index is 0.155. The summed E-state index contributed by atoms with van der Waals surface area (Å²) in [6.07, 6.45) is 13.2. The highest BCUT2D eigenvalue weighted by molar-refractivity contribution is 5.73. The SMILES string of the molecule is C1=COC2(CCCCC2)O1.CC1=CN(c2c(C)cccc2C)C(C)(C)N1c1c(C)cccc1C.CC1=COC2(O1)c1ccccc1Oc1ccccc12. The van der Waals surface area contributed by atoms with Crippen molar-refractivity contribution in [1.29, 1.82) is 0 Å². The van der Waals surface area contributed by atoms with Crippen LogP contribution in [0.3, 0.4) is 0 Å². The summed E-state index contributed by atoms with van der Waals surface area (Å²) in [6, 6.07) is 28.7. The van der Waals surface area contributed by atoms with E-state index >= 15 is 0 Å². The van der Waals surface area contributed by atoms with Gasteiger partial charge in [-0.25, -0.2) is 0 Å². The average Bonchev–Trinajstić information content (AvgIpc) is 3.82. The van der Waals surface area contributed by atoms with Crippen LogP contribution in [0.2, 0.25) is 0 Å². The van der Waals surface area contributed by atoms with E-state index in [9.17, 15) is 0 Å². The molecule has 0 atom stereocenters. The Balaban J connectivity index is 0.000000133. The van der Waals surface area contributed by atoms with Crippen LogP contribution in [0.25, 0.3) is 0 Å². The number of hydrogen-bond donors (Lipinski definition) is 0. The third-order valence-corrected chi connectivity index (χ3v) is 10.8. The largest absolute Gasteiger partial charge is 0.457 e. The molecule has 1 saturated carbocycles. The molecule has 5 aliphatic rings. The molecule has 1 aliphatic carbocycles. The van der Waals surface area contributed by atoms with Crippen LogP contribution in [-0.2, 0) is 24.7 Å². The van der Waals surface area contributed by atoms with E-state index in [-0.39, 0.29) is 11.4 Å². The maximum atomic E-state index is 6.00. The second kappa shape index (κ2) is 14.3. The number of para-hydroxylation sites is 4. The van der Waals surface area contributed by atoms with E-state index < -0.39 is 5.79 Å². The second-order valence-electron chi connectivity index (χ2n) is 15.1. The normalized spacial score (nSPS) is 19.1. The van der Waals surface area contributed by atoms with E-state index in [4.69, 9.17) is 23.7 Å². The van der Waals surface area contributed by atoms with Crippen LogP contribution in [0.4, 0.5) is 11.4 Å². The van der Waals surface area contributed by atoms with Crippen LogP contribution in [0.5, 0.6) is 11.5 Å². The Bertz CT molecular complexity index is 1980. The van der Waals surface area contributed by atoms with Crippen LogP contribution in [0.15, 0.2) is 121 Å². The van der Waals surface area contributed by atoms with Crippen molar-refractivity contribution in [1.82, 2.24) is 0 Å². The van der Waals surface area contributed by atoms with E-state index in [2.05, 4.69) is 101 Å². The molecule has 0 radical (unpaired) electrons. The van der Waals surface area contributed by atoms with Gasteiger partial charge in [0.15, 0.2) is 0 Å². The van der Waals surface area contributed by atoms with Gasteiger partial charge < -0.3 is 33.5 Å². The number of allylic oxidation sites excluding steroid dienone is 2. The molecular formula is C46H52N2O5. The molecule has 53 heavy (non-hydrogen) atoms. The summed E-state index contributed by atoms with van der Waals surface area (Å²) in [7, 11) is 0. The molecule has 7 heteroatoms. The van der Waals surface area contributed by atoms with Gasteiger partial charge in [-0.2, -0.15) is 0 Å². The number of benzene rings is 4. The highest BCUT2D eigenvalue weighted by Gasteiger charge is 2.49. The lowest BCUT2D eigenvalue weighted by atomic mass is 9.93. The van der Waals surface area contributed by atoms with Crippen LogP contribution in [0, 0.1) is 27.7 Å². The summed E-state index contributed by atoms with van der Waals surface area (Å²) in [5.41, 5.74) is 10.8. The zero-order valence-electron chi connectivity index (χ0n) is 32.4. The van der Waals surface area contributed by atoms with Gasteiger partial charge in [0.05, 0.1) is 11.1 Å². The Morgan fingerprint density at radius 2 is 1.08 bits per heavy atom. The van der Waals surface area contributed by atoms with E-state index in [1.807, 2.05) is 55.5 Å². The molecule has 0 bridgehead atoms. The molecule has 4 aliphatic heterocycles. The molecule has 0 amide bonds. The number of fused-ring (bicyclic) bond motifs is 4. The summed E-state index contributed by atoms with van der Waals surface area (Å²) < 4.78 is 28.6. The minimum atomic E-state index is -0.907.